The Morgan fingerprint density at radius 2 is 1.91 bits per heavy atom. The third-order valence-corrected chi connectivity index (χ3v) is 10.5. The summed E-state index contributed by atoms with van der Waals surface area (Å²) in [6.07, 6.45) is 9.40. The quantitative estimate of drug-likeness (QED) is 0.296. The maximum atomic E-state index is 12.5. The molecule has 6 nitrogen and oxygen atoms in total. The Balaban J connectivity index is 1.55. The van der Waals surface area contributed by atoms with E-state index in [-0.39, 0.29) is 22.5 Å². The molecule has 0 aromatic heterocycles. The number of carbonyl (C=O) groups is 1. The van der Waals surface area contributed by atoms with Gasteiger partial charge in [0.1, 0.15) is 0 Å². The summed E-state index contributed by atoms with van der Waals surface area (Å²) < 4.78 is 36.5. The van der Waals surface area contributed by atoms with E-state index in [9.17, 15) is 18.3 Å². The van der Waals surface area contributed by atoms with E-state index >= 15 is 0 Å². The number of ketones is 1. The molecule has 4 rings (SSSR count). The Morgan fingerprint density at radius 3 is 2.56 bits per heavy atom. The van der Waals surface area contributed by atoms with Crippen LogP contribution in [0.2, 0.25) is 0 Å². The van der Waals surface area contributed by atoms with E-state index in [4.69, 9.17) is 8.74 Å². The molecule has 7 heteroatoms. The van der Waals surface area contributed by atoms with Crippen molar-refractivity contribution in [2.75, 3.05) is 0 Å². The number of rotatable bonds is 6. The van der Waals surface area contributed by atoms with Gasteiger partial charge in [-0.3, -0.25) is 9.35 Å². The average Bonchev–Trinajstić information content (AvgIpc) is 3.05. The van der Waals surface area contributed by atoms with Crippen LogP contribution in [-0.2, 0) is 19.4 Å². The van der Waals surface area contributed by atoms with Crippen molar-refractivity contribution < 1.29 is 27.1 Å². The summed E-state index contributed by atoms with van der Waals surface area (Å²) in [5.74, 6) is 1.80. The topological polar surface area (TPSA) is 101 Å². The molecule has 4 aliphatic carbocycles. The molecular formula is C27H42O6S. The minimum Gasteiger partial charge on any atom is -0.393 e. The van der Waals surface area contributed by atoms with Crippen LogP contribution in [0.1, 0.15) is 86.0 Å². The highest BCUT2D eigenvalue weighted by molar-refractivity contribution is 7.80. The van der Waals surface area contributed by atoms with Crippen LogP contribution in [0, 0.1) is 40.4 Å². The first-order chi connectivity index (χ1) is 15.7. The van der Waals surface area contributed by atoms with Gasteiger partial charge in [-0.2, -0.15) is 8.42 Å². The van der Waals surface area contributed by atoms with Crippen LogP contribution in [0.5, 0.6) is 0 Å². The van der Waals surface area contributed by atoms with Crippen molar-refractivity contribution in [3.63, 3.8) is 0 Å². The smallest absolute Gasteiger partial charge is 0.393 e. The SMILES string of the molecule is CC(C)=CC(=O)CC(C)[C@H]1CCC2C3C[C@H](O)C4C[C@@H](OS(=O)(=O)O)CC[C@]4(C)C3=CC[C@@]21C. The molecule has 4 unspecified atom stereocenters. The molecule has 0 amide bonds. The predicted octanol–water partition coefficient (Wildman–Crippen LogP) is 5.29. The fraction of sp³-hybridized carbons (Fsp3) is 0.815. The van der Waals surface area contributed by atoms with Crippen molar-refractivity contribution in [1.29, 1.82) is 0 Å². The highest BCUT2D eigenvalue weighted by Gasteiger charge is 2.59. The molecule has 3 saturated carbocycles. The second kappa shape index (κ2) is 9.13. The van der Waals surface area contributed by atoms with Crippen molar-refractivity contribution in [3.05, 3.63) is 23.3 Å². The van der Waals surface area contributed by atoms with E-state index in [1.165, 1.54) is 5.57 Å². The zero-order chi connectivity index (χ0) is 25.1. The lowest BCUT2D eigenvalue weighted by Crippen LogP contribution is -2.54. The van der Waals surface area contributed by atoms with Gasteiger partial charge in [-0.05, 0) is 105 Å². The van der Waals surface area contributed by atoms with E-state index < -0.39 is 22.6 Å². The molecular weight excluding hydrogens is 452 g/mol. The lowest BCUT2D eigenvalue weighted by molar-refractivity contribution is -0.116. The zero-order valence-corrected chi connectivity index (χ0v) is 22.1. The van der Waals surface area contributed by atoms with Gasteiger partial charge in [-0.15, -0.1) is 0 Å². The van der Waals surface area contributed by atoms with E-state index in [2.05, 4.69) is 26.8 Å². The van der Waals surface area contributed by atoms with Crippen molar-refractivity contribution in [2.45, 2.75) is 98.2 Å². The normalized spacial score (nSPS) is 42.6. The van der Waals surface area contributed by atoms with Crippen molar-refractivity contribution in [1.82, 2.24) is 0 Å². The standard InChI is InChI=1S/C27H42O6S/c1-16(2)12-18(28)13-17(3)21-6-7-22-20-15-25(29)24-14-19(33-34(30,31)32)8-10-27(24,5)23(20)9-11-26(21,22)4/h9,12,17,19-22,24-25,29H,6-8,10-11,13-15H2,1-5H3,(H,30,31,32)/t17?,19-,20?,21+,22?,24?,25-,26+,27+/m0/s1. The van der Waals surface area contributed by atoms with Crippen LogP contribution in [0.4, 0.5) is 0 Å². The van der Waals surface area contributed by atoms with Gasteiger partial charge in [0.15, 0.2) is 5.78 Å². The van der Waals surface area contributed by atoms with Crippen LogP contribution < -0.4 is 0 Å². The zero-order valence-electron chi connectivity index (χ0n) is 21.3. The second-order valence-corrected chi connectivity index (χ2v) is 13.4. The summed E-state index contributed by atoms with van der Waals surface area (Å²) in [5, 5.41) is 11.3. The average molecular weight is 495 g/mol. The summed E-state index contributed by atoms with van der Waals surface area (Å²) in [6, 6.07) is 0. The molecule has 0 bridgehead atoms. The first-order valence-electron chi connectivity index (χ1n) is 13.0. The van der Waals surface area contributed by atoms with Crippen molar-refractivity contribution in [3.8, 4) is 0 Å². The molecule has 9 atom stereocenters. The molecule has 0 spiro atoms. The van der Waals surface area contributed by atoms with Gasteiger partial charge in [0.2, 0.25) is 0 Å². The largest absolute Gasteiger partial charge is 0.397 e. The van der Waals surface area contributed by atoms with E-state index in [1.54, 1.807) is 6.08 Å². The number of carbonyl (C=O) groups excluding carboxylic acids is 1. The van der Waals surface area contributed by atoms with Crippen molar-refractivity contribution >= 4 is 16.2 Å². The van der Waals surface area contributed by atoms with Crippen LogP contribution in [0.3, 0.4) is 0 Å². The molecule has 0 heterocycles. The van der Waals surface area contributed by atoms with Crippen LogP contribution in [0.15, 0.2) is 23.3 Å². The van der Waals surface area contributed by atoms with Gasteiger partial charge >= 0.3 is 10.4 Å². The number of aliphatic hydroxyl groups is 1. The van der Waals surface area contributed by atoms with Crippen molar-refractivity contribution in [2.24, 2.45) is 40.4 Å². The van der Waals surface area contributed by atoms with Gasteiger partial charge in [0.25, 0.3) is 0 Å². The minimum absolute atomic E-state index is 0.0716. The fourth-order valence-corrected chi connectivity index (χ4v) is 9.13. The van der Waals surface area contributed by atoms with Crippen LogP contribution in [-0.4, -0.2) is 36.1 Å². The molecule has 192 valence electrons. The molecule has 0 saturated heterocycles. The monoisotopic (exact) mass is 494 g/mol. The number of aliphatic hydroxyl groups excluding tert-OH is 1. The molecule has 2 N–H and O–H groups in total. The lowest BCUT2D eigenvalue weighted by Gasteiger charge is -2.58. The maximum absolute atomic E-state index is 12.5. The number of hydrogen-bond acceptors (Lipinski definition) is 5. The third kappa shape index (κ3) is 4.70. The van der Waals surface area contributed by atoms with Gasteiger partial charge < -0.3 is 5.11 Å². The summed E-state index contributed by atoms with van der Waals surface area (Å²) in [4.78, 5) is 12.5. The van der Waals surface area contributed by atoms with Gasteiger partial charge in [-0.1, -0.05) is 38.0 Å². The summed E-state index contributed by atoms with van der Waals surface area (Å²) in [6.45, 7) is 10.8. The number of hydrogen-bond donors (Lipinski definition) is 2. The molecule has 0 aromatic rings. The first kappa shape index (κ1) is 26.1. The highest BCUT2D eigenvalue weighted by Crippen LogP contribution is 2.66. The number of allylic oxidation sites excluding steroid dienone is 4. The maximum Gasteiger partial charge on any atom is 0.397 e. The molecule has 0 aromatic carbocycles. The van der Waals surface area contributed by atoms with Gasteiger partial charge in [0, 0.05) is 6.42 Å². The van der Waals surface area contributed by atoms with Crippen LogP contribution >= 0.6 is 0 Å². The number of fused-ring (bicyclic) bond motifs is 5. The fourth-order valence-electron chi connectivity index (χ4n) is 8.61. The lowest BCUT2D eigenvalue weighted by atomic mass is 9.47. The second-order valence-electron chi connectivity index (χ2n) is 12.4. The first-order valence-corrected chi connectivity index (χ1v) is 14.3. The van der Waals surface area contributed by atoms with E-state index in [0.717, 1.165) is 31.3 Å². The Morgan fingerprint density at radius 1 is 1.21 bits per heavy atom. The molecule has 3 fully saturated rings. The minimum atomic E-state index is -4.50. The summed E-state index contributed by atoms with van der Waals surface area (Å²) in [7, 11) is -4.50. The Kier molecular flexibility index (Phi) is 7.00. The van der Waals surface area contributed by atoms with Gasteiger partial charge in [-0.25, -0.2) is 4.18 Å². The van der Waals surface area contributed by atoms with Gasteiger partial charge in [0.05, 0.1) is 12.2 Å². The molecule has 34 heavy (non-hydrogen) atoms. The Hall–Kier alpha value is -1.02. The molecule has 4 aliphatic rings. The Bertz CT molecular complexity index is 979. The summed E-state index contributed by atoms with van der Waals surface area (Å²) >= 11 is 0. The predicted molar refractivity (Wildman–Crippen MR) is 131 cm³/mol. The molecule has 0 aliphatic heterocycles. The Labute approximate surface area is 205 Å². The van der Waals surface area contributed by atoms with E-state index in [0.29, 0.717) is 49.4 Å². The molecule has 0 radical (unpaired) electrons. The van der Waals surface area contributed by atoms with E-state index in [1.807, 2.05) is 13.8 Å². The summed E-state index contributed by atoms with van der Waals surface area (Å²) in [5.41, 5.74) is 2.46. The van der Waals surface area contributed by atoms with Crippen LogP contribution in [0.25, 0.3) is 0 Å². The highest BCUT2D eigenvalue weighted by atomic mass is 32.3. The third-order valence-electron chi connectivity index (χ3n) is 9.99.